The van der Waals surface area contributed by atoms with Gasteiger partial charge in [0, 0.05) is 0 Å². The Balaban J connectivity index is 0.000000289. The Labute approximate surface area is 359 Å². The standard InChI is InChI=1S/C25H33.2C10H13.C5H5.CH2.2ClH.Zr/c1-15-13-21-19-11-7-8-12-20(19)24-18-10-6-5-9-17(18)14-22(24)23(21)16(2)25(15,3)4;2*1-10(2,3)9-7-5-4-6-8-9;1-2-4-5-3-1;;;;/h5-6,9-10,15,19-21,24H,7-8,11-14H2,1-4H3;2*5-8H,1-3H3;1-3H,4H2;1H2;2*1H;/q4*-1;;;;. The van der Waals surface area contributed by atoms with Crippen molar-refractivity contribution in [2.45, 2.75) is 131 Å². The molecule has 0 nitrogen and oxygen atoms in total. The van der Waals surface area contributed by atoms with E-state index in [1.807, 2.05) is 47.6 Å². The third-order valence-electron chi connectivity index (χ3n) is 12.6. The number of allylic oxidation sites excluding steroid dienone is 6. The molecule has 0 heterocycles. The van der Waals surface area contributed by atoms with Crippen molar-refractivity contribution in [1.82, 2.24) is 0 Å². The quantitative estimate of drug-likeness (QED) is 0.198. The Morgan fingerprint density at radius 2 is 1.30 bits per heavy atom. The fourth-order valence-corrected chi connectivity index (χ4v) is 9.12. The maximum absolute atomic E-state index is 3.34. The molecular weight excluding hydrogens is 775 g/mol. The third-order valence-corrected chi connectivity index (χ3v) is 12.6. The van der Waals surface area contributed by atoms with E-state index in [0.717, 1.165) is 36.0 Å². The molecule has 294 valence electrons. The molecular formula is C51H68Cl2Zr-4. The molecule has 2 fully saturated rings. The maximum atomic E-state index is 3.34. The van der Waals surface area contributed by atoms with Crippen LogP contribution in [-0.2, 0) is 41.5 Å². The van der Waals surface area contributed by atoms with Crippen molar-refractivity contribution in [2.24, 2.45) is 29.1 Å². The van der Waals surface area contributed by atoms with Crippen LogP contribution in [0.3, 0.4) is 0 Å². The van der Waals surface area contributed by atoms with E-state index >= 15 is 0 Å². The molecule has 0 N–H and O–H groups in total. The number of fused-ring (bicyclic) bond motifs is 7. The zero-order valence-corrected chi connectivity index (χ0v) is 39.1. The normalized spacial score (nSPS) is 23.9. The molecule has 0 amide bonds. The van der Waals surface area contributed by atoms with Crippen LogP contribution in [0.4, 0.5) is 0 Å². The van der Waals surface area contributed by atoms with E-state index in [1.54, 1.807) is 17.0 Å². The van der Waals surface area contributed by atoms with Gasteiger partial charge in [0.2, 0.25) is 0 Å². The van der Waals surface area contributed by atoms with Gasteiger partial charge in [-0.1, -0.05) is 141 Å². The second-order valence-corrected chi connectivity index (χ2v) is 18.1. The van der Waals surface area contributed by atoms with Crippen molar-refractivity contribution in [3.8, 4) is 0 Å². The molecule has 2 saturated carbocycles. The van der Waals surface area contributed by atoms with E-state index in [0.29, 0.717) is 5.41 Å². The van der Waals surface area contributed by atoms with Crippen LogP contribution in [0, 0.1) is 53.2 Å². The second kappa shape index (κ2) is 21.6. The predicted octanol–water partition coefficient (Wildman–Crippen LogP) is 14.4. The monoisotopic (exact) mass is 840 g/mol. The van der Waals surface area contributed by atoms with Gasteiger partial charge in [-0.25, -0.2) is 29.2 Å². The summed E-state index contributed by atoms with van der Waals surface area (Å²) in [5.74, 6) is 6.00. The second-order valence-electron chi connectivity index (χ2n) is 18.1. The summed E-state index contributed by atoms with van der Waals surface area (Å²) in [6, 6.07) is 31.7. The fraction of sp³-hybridized carbons (Fsp3) is 0.490. The zero-order chi connectivity index (χ0) is 38.1. The van der Waals surface area contributed by atoms with E-state index in [4.69, 9.17) is 0 Å². The average Bonchev–Trinajstić information content (AvgIpc) is 3.85. The number of hydrogen-bond acceptors (Lipinski definition) is 0. The summed E-state index contributed by atoms with van der Waals surface area (Å²) in [5.41, 5.74) is 10.6. The fourth-order valence-electron chi connectivity index (χ4n) is 9.12. The summed E-state index contributed by atoms with van der Waals surface area (Å²) in [4.78, 5) is 0. The molecule has 8 rings (SSSR count). The first-order valence-corrected chi connectivity index (χ1v) is 21.6. The van der Waals surface area contributed by atoms with E-state index in [2.05, 4.69) is 146 Å². The minimum atomic E-state index is 0. The van der Waals surface area contributed by atoms with Crippen LogP contribution in [0.15, 0.2) is 102 Å². The molecule has 0 bridgehead atoms. The molecule has 3 aromatic rings. The van der Waals surface area contributed by atoms with Crippen LogP contribution in [0.2, 0.25) is 0 Å². The first kappa shape index (κ1) is 48.2. The number of halogens is 2. The minimum absolute atomic E-state index is 0. The summed E-state index contributed by atoms with van der Waals surface area (Å²) < 4.78 is 3.34. The molecule has 0 aliphatic heterocycles. The summed E-state index contributed by atoms with van der Waals surface area (Å²) in [7, 11) is 0. The average molecular weight is 843 g/mol. The number of rotatable bonds is 0. The van der Waals surface area contributed by atoms with Crippen LogP contribution in [-0.4, -0.2) is 4.21 Å². The first-order valence-electron chi connectivity index (χ1n) is 19.9. The van der Waals surface area contributed by atoms with Gasteiger partial charge in [-0.15, -0.1) is 38.2 Å². The topological polar surface area (TPSA) is 0 Å². The molecule has 5 unspecified atom stereocenters. The van der Waals surface area contributed by atoms with Gasteiger partial charge in [-0.2, -0.15) is 77.9 Å². The van der Waals surface area contributed by atoms with E-state index in [9.17, 15) is 0 Å². The molecule has 5 aliphatic carbocycles. The van der Waals surface area contributed by atoms with E-state index < -0.39 is 0 Å². The molecule has 3 heteroatoms. The molecule has 0 aromatic heterocycles. The van der Waals surface area contributed by atoms with Gasteiger partial charge in [-0.05, 0) is 41.4 Å². The molecule has 3 aromatic carbocycles. The van der Waals surface area contributed by atoms with Gasteiger partial charge in [0.05, 0.1) is 0 Å². The molecule has 0 radical (unpaired) electrons. The van der Waals surface area contributed by atoms with Gasteiger partial charge in [0.25, 0.3) is 0 Å². The van der Waals surface area contributed by atoms with Crippen molar-refractivity contribution in [1.29, 1.82) is 0 Å². The van der Waals surface area contributed by atoms with Crippen molar-refractivity contribution >= 4 is 29.0 Å². The number of benzene rings is 3. The van der Waals surface area contributed by atoms with Crippen molar-refractivity contribution in [2.75, 3.05) is 0 Å². The van der Waals surface area contributed by atoms with Crippen molar-refractivity contribution < 1.29 is 24.2 Å². The van der Waals surface area contributed by atoms with Crippen molar-refractivity contribution in [3.05, 3.63) is 149 Å². The van der Waals surface area contributed by atoms with Gasteiger partial charge in [0.1, 0.15) is 0 Å². The molecule has 0 spiro atoms. The van der Waals surface area contributed by atoms with Crippen LogP contribution in [0.5, 0.6) is 0 Å². The third kappa shape index (κ3) is 11.8. The van der Waals surface area contributed by atoms with E-state index in [-0.39, 0.29) is 35.6 Å². The van der Waals surface area contributed by atoms with Gasteiger partial charge in [0.15, 0.2) is 0 Å². The Morgan fingerprint density at radius 1 is 0.778 bits per heavy atom. The van der Waals surface area contributed by atoms with Gasteiger partial charge < -0.3 is 0 Å². The zero-order valence-electron chi connectivity index (χ0n) is 35.0. The molecule has 54 heavy (non-hydrogen) atoms. The Kier molecular flexibility index (Phi) is 19.3. The van der Waals surface area contributed by atoms with Crippen LogP contribution < -0.4 is 0 Å². The molecule has 5 atom stereocenters. The number of hydrogen-bond donors (Lipinski definition) is 0. The SMILES string of the molecule is CC(C)(C)c1cc[c-]cc1.CC(C)(C)c1cc[c-]cc1.C[C-]1C2=C3Cc4ccccc4C3C3CCCCC3C2CC(C)C1(C)C.Cl.Cl.[C-]1=CC=CC1.[CH2]=[Zr]. The first-order chi connectivity index (χ1) is 24.7. The summed E-state index contributed by atoms with van der Waals surface area (Å²) in [5, 5.41) is 0. The Hall–Kier alpha value is -1.92. The van der Waals surface area contributed by atoms with Crippen molar-refractivity contribution in [3.63, 3.8) is 0 Å². The summed E-state index contributed by atoms with van der Waals surface area (Å²) in [6.45, 7) is 23.3. The van der Waals surface area contributed by atoms with Crippen LogP contribution in [0.1, 0.15) is 136 Å². The Bertz CT molecular complexity index is 1580. The predicted molar refractivity (Wildman–Crippen MR) is 236 cm³/mol. The molecule has 0 saturated heterocycles. The van der Waals surface area contributed by atoms with Gasteiger partial charge in [-0.3, -0.25) is 6.08 Å². The summed E-state index contributed by atoms with van der Waals surface area (Å²) in [6.07, 6.45) is 18.5. The molecule has 5 aliphatic rings. The van der Waals surface area contributed by atoms with E-state index in [1.165, 1.54) is 73.9 Å². The van der Waals surface area contributed by atoms with Gasteiger partial charge >= 0.3 is 28.4 Å². The van der Waals surface area contributed by atoms with Crippen LogP contribution >= 0.6 is 24.8 Å². The van der Waals surface area contributed by atoms with Crippen LogP contribution in [0.25, 0.3) is 0 Å². The summed E-state index contributed by atoms with van der Waals surface area (Å²) >= 11 is 1.30. The Morgan fingerprint density at radius 3 is 1.74 bits per heavy atom.